The van der Waals surface area contributed by atoms with Crippen molar-refractivity contribution in [3.05, 3.63) is 65.7 Å². The summed E-state index contributed by atoms with van der Waals surface area (Å²) in [6.07, 6.45) is 7.30. The van der Waals surface area contributed by atoms with Gasteiger partial charge in [0, 0.05) is 80.2 Å². The van der Waals surface area contributed by atoms with E-state index in [0.717, 1.165) is 16.4 Å². The van der Waals surface area contributed by atoms with Crippen molar-refractivity contribution in [2.75, 3.05) is 42.9 Å². The molecule has 3 aromatic heterocycles. The van der Waals surface area contributed by atoms with Gasteiger partial charge in [-0.15, -0.1) is 0 Å². The molecule has 15 heteroatoms. The highest BCUT2D eigenvalue weighted by Gasteiger charge is 2.32. The Morgan fingerprint density at radius 2 is 1.81 bits per heavy atom. The zero-order chi connectivity index (χ0) is 30.9. The zero-order valence-corrected chi connectivity index (χ0v) is 24.3. The van der Waals surface area contributed by atoms with Gasteiger partial charge in [0.25, 0.3) is 0 Å². The molecule has 0 unspecified atom stereocenters. The number of hydrogen-bond donors (Lipinski definition) is 4. The number of fused-ring (bicyclic) bond motifs is 1. The van der Waals surface area contributed by atoms with Gasteiger partial charge in [0.2, 0.25) is 11.7 Å². The van der Waals surface area contributed by atoms with Crippen molar-refractivity contribution < 1.29 is 32.2 Å². The molecule has 0 aliphatic carbocycles. The van der Waals surface area contributed by atoms with Crippen molar-refractivity contribution in [2.24, 2.45) is 0 Å². The highest BCUT2D eigenvalue weighted by atomic mass is 32.2. The molecule has 1 aliphatic heterocycles. The van der Waals surface area contributed by atoms with Crippen molar-refractivity contribution in [3.8, 4) is 11.1 Å². The minimum Gasteiger partial charge on any atom is -0.396 e. The molecule has 1 aromatic carbocycles. The van der Waals surface area contributed by atoms with Gasteiger partial charge in [0.15, 0.2) is 5.82 Å². The maximum Gasteiger partial charge on any atom is 0.301 e. The third-order valence-corrected chi connectivity index (χ3v) is 9.27. The van der Waals surface area contributed by atoms with E-state index in [-0.39, 0.29) is 18.7 Å². The number of halogens is 2. The van der Waals surface area contributed by atoms with Crippen LogP contribution in [0.3, 0.4) is 0 Å². The second kappa shape index (κ2) is 11.9. The first kappa shape index (κ1) is 30.4. The average molecular weight is 616 g/mol. The van der Waals surface area contributed by atoms with Crippen LogP contribution in [0.1, 0.15) is 42.1 Å². The van der Waals surface area contributed by atoms with Gasteiger partial charge in [-0.3, -0.25) is 9.52 Å². The lowest BCUT2D eigenvalue weighted by Gasteiger charge is -2.37. The summed E-state index contributed by atoms with van der Waals surface area (Å²) in [6, 6.07) is 3.37. The molecule has 1 aliphatic rings. The Labute approximate surface area is 246 Å². The average Bonchev–Trinajstić information content (AvgIpc) is 3.42. The van der Waals surface area contributed by atoms with E-state index in [1.165, 1.54) is 13.2 Å². The molecule has 1 saturated heterocycles. The molecule has 43 heavy (non-hydrogen) atoms. The molecule has 5 rings (SSSR count). The highest BCUT2D eigenvalue weighted by molar-refractivity contribution is 7.90. The first-order valence-electron chi connectivity index (χ1n) is 13.6. The van der Waals surface area contributed by atoms with Crippen LogP contribution in [-0.2, 0) is 10.2 Å². The van der Waals surface area contributed by atoms with Crippen molar-refractivity contribution in [3.63, 3.8) is 0 Å². The lowest BCUT2D eigenvalue weighted by atomic mass is 9.89. The zero-order valence-electron chi connectivity index (χ0n) is 23.5. The summed E-state index contributed by atoms with van der Waals surface area (Å²) in [5.41, 5.74) is -0.998. The van der Waals surface area contributed by atoms with E-state index in [2.05, 4.69) is 24.7 Å². The van der Waals surface area contributed by atoms with Gasteiger partial charge in [-0.1, -0.05) is 6.92 Å². The van der Waals surface area contributed by atoms with Gasteiger partial charge < -0.3 is 20.1 Å². The predicted molar refractivity (Wildman–Crippen MR) is 156 cm³/mol. The number of aliphatic hydroxyl groups is 2. The monoisotopic (exact) mass is 615 g/mol. The number of aromatic nitrogens is 4. The summed E-state index contributed by atoms with van der Waals surface area (Å²) in [5.74, 6) is -3.01. The predicted octanol–water partition coefficient (Wildman–Crippen LogP) is 2.85. The van der Waals surface area contributed by atoms with Crippen LogP contribution in [-0.4, -0.2) is 87.5 Å². The maximum atomic E-state index is 15.4. The SMILES string of the molecule is CCN(C)S(=O)(=O)Nc1ccc(F)c(C(=O)c2c[nH]c3ncc(-c4cnc(N5CCC(O)(CCO)CC5)nc4)cc23)c1F. The number of benzene rings is 1. The lowest BCUT2D eigenvalue weighted by molar-refractivity contribution is -0.00554. The second-order valence-corrected chi connectivity index (χ2v) is 12.2. The van der Waals surface area contributed by atoms with Gasteiger partial charge >= 0.3 is 10.2 Å². The van der Waals surface area contributed by atoms with Gasteiger partial charge in [0.1, 0.15) is 11.5 Å². The Balaban J connectivity index is 1.41. The van der Waals surface area contributed by atoms with Crippen LogP contribution in [0.25, 0.3) is 22.2 Å². The maximum absolute atomic E-state index is 15.4. The van der Waals surface area contributed by atoms with Crippen LogP contribution in [0.2, 0.25) is 0 Å². The standard InChI is InChI=1S/C28H31F2N7O5S/c1-3-36(2)43(41,42)35-22-5-4-21(29)23(24(22)30)25(39)20-16-32-26-19(20)12-17(13-31-26)18-14-33-27(34-15-18)37-9-6-28(40,7-10-37)8-11-38/h4-5,12-16,35,38,40H,3,6-11H2,1-2H3,(H,31,32). The number of H-pyrrole nitrogens is 1. The largest absolute Gasteiger partial charge is 0.396 e. The number of pyridine rings is 1. The van der Waals surface area contributed by atoms with E-state index >= 15 is 4.39 Å². The Morgan fingerprint density at radius 1 is 1.14 bits per heavy atom. The molecule has 0 bridgehead atoms. The number of aromatic amines is 1. The molecule has 0 radical (unpaired) electrons. The van der Waals surface area contributed by atoms with Gasteiger partial charge in [-0.2, -0.15) is 12.7 Å². The molecule has 0 saturated carbocycles. The quantitative estimate of drug-likeness (QED) is 0.196. The molecular weight excluding hydrogens is 584 g/mol. The number of nitrogens with zero attached hydrogens (tertiary/aromatic N) is 5. The normalized spacial score (nSPS) is 15.3. The Hall–Kier alpha value is -4.05. The van der Waals surface area contributed by atoms with Gasteiger partial charge in [-0.05, 0) is 37.5 Å². The number of nitrogens with one attached hydrogen (secondary N) is 2. The van der Waals surface area contributed by atoms with Gasteiger partial charge in [-0.25, -0.2) is 23.7 Å². The molecule has 0 spiro atoms. The lowest BCUT2D eigenvalue weighted by Crippen LogP contribution is -2.45. The van der Waals surface area contributed by atoms with Crippen molar-refractivity contribution in [1.29, 1.82) is 0 Å². The number of aliphatic hydroxyl groups excluding tert-OH is 1. The van der Waals surface area contributed by atoms with Crippen LogP contribution in [0, 0.1) is 11.6 Å². The summed E-state index contributed by atoms with van der Waals surface area (Å²) in [4.78, 5) is 31.5. The van der Waals surface area contributed by atoms with Crippen molar-refractivity contribution in [1.82, 2.24) is 24.2 Å². The highest BCUT2D eigenvalue weighted by Crippen LogP contribution is 2.31. The molecule has 4 heterocycles. The van der Waals surface area contributed by atoms with E-state index in [1.54, 1.807) is 31.6 Å². The molecule has 4 aromatic rings. The summed E-state index contributed by atoms with van der Waals surface area (Å²) < 4.78 is 58.1. The summed E-state index contributed by atoms with van der Waals surface area (Å²) in [7, 11) is -2.84. The van der Waals surface area contributed by atoms with Crippen molar-refractivity contribution >= 4 is 38.7 Å². The number of carbonyl (C=O) groups is 1. The molecule has 4 N–H and O–H groups in total. The molecule has 1 fully saturated rings. The molecule has 228 valence electrons. The van der Waals surface area contributed by atoms with Crippen LogP contribution < -0.4 is 9.62 Å². The summed E-state index contributed by atoms with van der Waals surface area (Å²) in [6.45, 7) is 2.68. The molecule has 0 amide bonds. The first-order valence-corrected chi connectivity index (χ1v) is 15.0. The van der Waals surface area contributed by atoms with Gasteiger partial charge in [0.05, 0.1) is 16.9 Å². The first-order chi connectivity index (χ1) is 20.5. The van der Waals surface area contributed by atoms with E-state index < -0.39 is 44.5 Å². The topological polar surface area (TPSA) is 165 Å². The molecular formula is C28H31F2N7O5S. The third kappa shape index (κ3) is 6.06. The number of hydrogen-bond acceptors (Lipinski definition) is 9. The number of ketones is 1. The van der Waals surface area contributed by atoms with Crippen LogP contribution in [0.4, 0.5) is 20.4 Å². The summed E-state index contributed by atoms with van der Waals surface area (Å²) in [5, 5.41) is 20.0. The van der Waals surface area contributed by atoms with E-state index in [4.69, 9.17) is 0 Å². The van der Waals surface area contributed by atoms with E-state index in [9.17, 15) is 27.8 Å². The van der Waals surface area contributed by atoms with E-state index in [1.807, 2.05) is 4.90 Å². The number of piperidine rings is 1. The Kier molecular flexibility index (Phi) is 8.42. The minimum atomic E-state index is -4.13. The smallest absolute Gasteiger partial charge is 0.301 e. The molecule has 0 atom stereocenters. The van der Waals surface area contributed by atoms with E-state index in [0.29, 0.717) is 60.5 Å². The number of carbonyl (C=O) groups excluding carboxylic acids is 1. The van der Waals surface area contributed by atoms with Crippen LogP contribution in [0.5, 0.6) is 0 Å². The number of rotatable bonds is 10. The van der Waals surface area contributed by atoms with Crippen molar-refractivity contribution in [2.45, 2.75) is 31.8 Å². The number of anilines is 2. The second-order valence-electron chi connectivity index (χ2n) is 10.4. The van der Waals surface area contributed by atoms with Crippen LogP contribution >= 0.6 is 0 Å². The molecule has 12 nitrogen and oxygen atoms in total. The fourth-order valence-corrected chi connectivity index (χ4v) is 5.86. The Bertz CT molecular complexity index is 1760. The fourth-order valence-electron chi connectivity index (χ4n) is 4.92. The minimum absolute atomic E-state index is 0.0611. The summed E-state index contributed by atoms with van der Waals surface area (Å²) >= 11 is 0. The third-order valence-electron chi connectivity index (χ3n) is 7.71. The Morgan fingerprint density at radius 3 is 2.47 bits per heavy atom. The van der Waals surface area contributed by atoms with Crippen LogP contribution in [0.15, 0.2) is 43.0 Å². The fraction of sp³-hybridized carbons (Fsp3) is 0.357.